The lowest BCUT2D eigenvalue weighted by atomic mass is 10.2. The first kappa shape index (κ1) is 13.2. The molecule has 0 aliphatic rings. The Kier molecular flexibility index (Phi) is 3.13. The molecule has 1 heterocycles. The summed E-state index contributed by atoms with van der Waals surface area (Å²) in [7, 11) is 0. The number of hydrogen-bond donors (Lipinski definition) is 1. The Hall–Kier alpha value is -2.76. The van der Waals surface area contributed by atoms with Crippen LogP contribution in [0.5, 0.6) is 0 Å². The van der Waals surface area contributed by atoms with E-state index in [0.29, 0.717) is 16.6 Å². The van der Waals surface area contributed by atoms with Crippen molar-refractivity contribution in [1.82, 2.24) is 9.55 Å². The van der Waals surface area contributed by atoms with Crippen molar-refractivity contribution >= 4 is 17.0 Å². The molecule has 1 N–H and O–H groups in total. The van der Waals surface area contributed by atoms with Crippen LogP contribution in [0.1, 0.15) is 15.9 Å². The number of carbonyl (C=O) groups is 1. The van der Waals surface area contributed by atoms with Gasteiger partial charge in [-0.1, -0.05) is 6.07 Å². The fourth-order valence-corrected chi connectivity index (χ4v) is 2.16. The molecule has 0 spiro atoms. The van der Waals surface area contributed by atoms with E-state index < -0.39 is 17.6 Å². The predicted octanol–water partition coefficient (Wildman–Crippen LogP) is 3.06. The molecule has 0 fully saturated rings. The molecule has 0 saturated carbocycles. The van der Waals surface area contributed by atoms with E-state index in [1.165, 1.54) is 30.6 Å². The van der Waals surface area contributed by atoms with Gasteiger partial charge in [0.1, 0.15) is 11.6 Å². The molecule has 0 atom stereocenters. The van der Waals surface area contributed by atoms with Crippen LogP contribution in [0, 0.1) is 11.6 Å². The SMILES string of the molecule is O=C(O)c1ccc2c(c1)ncn2Cc1ccc(F)cc1F. The first-order valence-corrected chi connectivity index (χ1v) is 6.17. The number of nitrogens with zero attached hydrogens (tertiary/aromatic N) is 2. The second-order valence-corrected chi connectivity index (χ2v) is 4.62. The number of rotatable bonds is 3. The minimum absolute atomic E-state index is 0.140. The number of halogens is 2. The van der Waals surface area contributed by atoms with E-state index in [4.69, 9.17) is 5.11 Å². The summed E-state index contributed by atoms with van der Waals surface area (Å²) in [6.45, 7) is 0.190. The molecule has 1 aromatic heterocycles. The number of benzene rings is 2. The third-order valence-electron chi connectivity index (χ3n) is 3.22. The van der Waals surface area contributed by atoms with E-state index in [-0.39, 0.29) is 12.1 Å². The fourth-order valence-electron chi connectivity index (χ4n) is 2.16. The number of fused-ring (bicyclic) bond motifs is 1. The molecule has 0 aliphatic heterocycles. The Morgan fingerprint density at radius 1 is 1.19 bits per heavy atom. The van der Waals surface area contributed by atoms with Crippen molar-refractivity contribution in [3.05, 3.63) is 65.5 Å². The van der Waals surface area contributed by atoms with Gasteiger partial charge in [-0.15, -0.1) is 0 Å². The Bertz CT molecular complexity index is 843. The highest BCUT2D eigenvalue weighted by Gasteiger charge is 2.10. The standard InChI is InChI=1S/C15H10F2N2O2/c16-11-3-1-10(12(17)6-11)7-19-8-18-13-5-9(15(20)21)2-4-14(13)19/h1-6,8H,7H2,(H,20,21). The molecular formula is C15H10F2N2O2. The minimum atomic E-state index is -1.03. The van der Waals surface area contributed by atoms with Gasteiger partial charge in [0.05, 0.1) is 29.5 Å². The van der Waals surface area contributed by atoms with Gasteiger partial charge >= 0.3 is 5.97 Å². The lowest BCUT2D eigenvalue weighted by molar-refractivity contribution is 0.0697. The molecule has 3 rings (SSSR count). The summed E-state index contributed by atoms with van der Waals surface area (Å²) < 4.78 is 28.2. The summed E-state index contributed by atoms with van der Waals surface area (Å²) in [5, 5.41) is 8.93. The normalized spacial score (nSPS) is 11.0. The summed E-state index contributed by atoms with van der Waals surface area (Å²) in [4.78, 5) is 15.0. The molecule has 0 radical (unpaired) electrons. The summed E-state index contributed by atoms with van der Waals surface area (Å²) >= 11 is 0. The summed E-state index contributed by atoms with van der Waals surface area (Å²) in [6.07, 6.45) is 1.50. The second-order valence-electron chi connectivity index (χ2n) is 4.62. The minimum Gasteiger partial charge on any atom is -0.478 e. The molecule has 0 amide bonds. The maximum atomic E-state index is 13.7. The first-order chi connectivity index (χ1) is 10.0. The summed E-state index contributed by atoms with van der Waals surface area (Å²) in [5.41, 5.74) is 1.67. The largest absolute Gasteiger partial charge is 0.478 e. The monoisotopic (exact) mass is 288 g/mol. The van der Waals surface area contributed by atoms with Gasteiger partial charge in [-0.05, 0) is 24.3 Å². The zero-order valence-corrected chi connectivity index (χ0v) is 10.8. The number of aromatic nitrogens is 2. The molecule has 3 aromatic rings. The van der Waals surface area contributed by atoms with Crippen molar-refractivity contribution in [1.29, 1.82) is 0 Å². The molecular weight excluding hydrogens is 278 g/mol. The van der Waals surface area contributed by atoms with Crippen LogP contribution < -0.4 is 0 Å². The van der Waals surface area contributed by atoms with Gasteiger partial charge in [-0.3, -0.25) is 0 Å². The highest BCUT2D eigenvalue weighted by molar-refractivity contribution is 5.92. The molecule has 0 saturated heterocycles. The zero-order chi connectivity index (χ0) is 15.0. The van der Waals surface area contributed by atoms with Gasteiger partial charge in [0, 0.05) is 11.6 Å². The van der Waals surface area contributed by atoms with Crippen LogP contribution >= 0.6 is 0 Å². The molecule has 0 bridgehead atoms. The van der Waals surface area contributed by atoms with Crippen molar-refractivity contribution in [2.45, 2.75) is 6.54 Å². The van der Waals surface area contributed by atoms with Crippen molar-refractivity contribution in [3.63, 3.8) is 0 Å². The Labute approximate surface area is 118 Å². The zero-order valence-electron chi connectivity index (χ0n) is 10.8. The van der Waals surface area contributed by atoms with Crippen LogP contribution in [-0.2, 0) is 6.54 Å². The molecule has 0 aliphatic carbocycles. The lowest BCUT2D eigenvalue weighted by Crippen LogP contribution is -2.01. The van der Waals surface area contributed by atoms with E-state index in [2.05, 4.69) is 4.98 Å². The van der Waals surface area contributed by atoms with Crippen LogP contribution in [0.15, 0.2) is 42.7 Å². The van der Waals surface area contributed by atoms with E-state index in [9.17, 15) is 13.6 Å². The molecule has 6 heteroatoms. The van der Waals surface area contributed by atoms with Gasteiger partial charge in [-0.25, -0.2) is 18.6 Å². The molecule has 21 heavy (non-hydrogen) atoms. The quantitative estimate of drug-likeness (QED) is 0.806. The Balaban J connectivity index is 1.99. The van der Waals surface area contributed by atoms with Gasteiger partial charge in [0.25, 0.3) is 0 Å². The Morgan fingerprint density at radius 3 is 2.71 bits per heavy atom. The molecule has 0 unspecified atom stereocenters. The van der Waals surface area contributed by atoms with Crippen molar-refractivity contribution in [2.24, 2.45) is 0 Å². The van der Waals surface area contributed by atoms with Crippen LogP contribution in [0.25, 0.3) is 11.0 Å². The number of imidazole rings is 1. The van der Waals surface area contributed by atoms with Crippen LogP contribution in [0.2, 0.25) is 0 Å². The maximum Gasteiger partial charge on any atom is 0.335 e. The third-order valence-corrected chi connectivity index (χ3v) is 3.22. The van der Waals surface area contributed by atoms with Gasteiger partial charge in [-0.2, -0.15) is 0 Å². The van der Waals surface area contributed by atoms with E-state index in [1.54, 1.807) is 10.6 Å². The van der Waals surface area contributed by atoms with E-state index >= 15 is 0 Å². The highest BCUT2D eigenvalue weighted by Crippen LogP contribution is 2.18. The van der Waals surface area contributed by atoms with Crippen molar-refractivity contribution in [2.75, 3.05) is 0 Å². The average Bonchev–Trinajstić information content (AvgIpc) is 2.84. The predicted molar refractivity (Wildman–Crippen MR) is 72.2 cm³/mol. The van der Waals surface area contributed by atoms with Gasteiger partial charge in [0.15, 0.2) is 0 Å². The number of carboxylic acid groups (broad SMARTS) is 1. The van der Waals surface area contributed by atoms with Gasteiger partial charge < -0.3 is 9.67 Å². The second kappa shape index (κ2) is 4.97. The molecule has 4 nitrogen and oxygen atoms in total. The van der Waals surface area contributed by atoms with Crippen LogP contribution in [-0.4, -0.2) is 20.6 Å². The van der Waals surface area contributed by atoms with Crippen molar-refractivity contribution in [3.8, 4) is 0 Å². The number of carboxylic acids is 1. The van der Waals surface area contributed by atoms with Crippen LogP contribution in [0.4, 0.5) is 8.78 Å². The van der Waals surface area contributed by atoms with Gasteiger partial charge in [0.2, 0.25) is 0 Å². The number of aromatic carboxylic acids is 1. The summed E-state index contributed by atoms with van der Waals surface area (Å²) in [5.74, 6) is -2.28. The first-order valence-electron chi connectivity index (χ1n) is 6.17. The van der Waals surface area contributed by atoms with E-state index in [0.717, 1.165) is 6.07 Å². The third kappa shape index (κ3) is 2.47. The molecule has 106 valence electrons. The topological polar surface area (TPSA) is 55.1 Å². The smallest absolute Gasteiger partial charge is 0.335 e. The fraction of sp³-hybridized carbons (Fsp3) is 0.0667. The maximum absolute atomic E-state index is 13.7. The summed E-state index contributed by atoms with van der Waals surface area (Å²) in [6, 6.07) is 7.94. The average molecular weight is 288 g/mol. The van der Waals surface area contributed by atoms with Crippen molar-refractivity contribution < 1.29 is 18.7 Å². The van der Waals surface area contributed by atoms with E-state index in [1.807, 2.05) is 0 Å². The highest BCUT2D eigenvalue weighted by atomic mass is 19.1. The lowest BCUT2D eigenvalue weighted by Gasteiger charge is -2.06. The number of hydrogen-bond acceptors (Lipinski definition) is 2. The molecule has 2 aromatic carbocycles. The van der Waals surface area contributed by atoms with Crippen LogP contribution in [0.3, 0.4) is 0 Å². The Morgan fingerprint density at radius 2 is 2.00 bits per heavy atom.